The number of hydrogen-bond acceptors (Lipinski definition) is 3. The molecule has 0 amide bonds. The summed E-state index contributed by atoms with van der Waals surface area (Å²) in [6, 6.07) is 10.4. The molecule has 18 heavy (non-hydrogen) atoms. The highest BCUT2D eigenvalue weighted by Gasteiger charge is 2.23. The maximum absolute atomic E-state index is 9.25. The molecule has 0 aliphatic heterocycles. The predicted molar refractivity (Wildman–Crippen MR) is 74.5 cm³/mol. The Kier molecular flexibility index (Phi) is 6.33. The molecule has 0 heterocycles. The molecule has 2 N–H and O–H groups in total. The molecule has 1 aromatic carbocycles. The van der Waals surface area contributed by atoms with Crippen molar-refractivity contribution in [2.24, 2.45) is 5.41 Å². The summed E-state index contributed by atoms with van der Waals surface area (Å²) in [4.78, 5) is 2.18. The van der Waals surface area contributed by atoms with Crippen LogP contribution in [0.4, 0.5) is 0 Å². The number of aryl methyl sites for hydroxylation is 1. The second-order valence-corrected chi connectivity index (χ2v) is 5.45. The maximum atomic E-state index is 9.25. The van der Waals surface area contributed by atoms with E-state index < -0.39 is 5.41 Å². The van der Waals surface area contributed by atoms with Gasteiger partial charge in [0.1, 0.15) is 0 Å². The molecule has 1 aromatic rings. The highest BCUT2D eigenvalue weighted by atomic mass is 16.3. The second-order valence-electron chi connectivity index (χ2n) is 5.45. The quantitative estimate of drug-likeness (QED) is 0.736. The first-order valence-corrected chi connectivity index (χ1v) is 6.54. The SMILES string of the molecule is CN(CCCc1ccccc1)CC(C)(CO)CO. The van der Waals surface area contributed by atoms with E-state index in [1.165, 1.54) is 5.56 Å². The van der Waals surface area contributed by atoms with Crippen LogP contribution < -0.4 is 0 Å². The van der Waals surface area contributed by atoms with Gasteiger partial charge in [-0.1, -0.05) is 37.3 Å². The molecule has 0 radical (unpaired) electrons. The van der Waals surface area contributed by atoms with Gasteiger partial charge in [-0.25, -0.2) is 0 Å². The molecule has 0 saturated heterocycles. The Bertz CT molecular complexity index is 323. The molecular formula is C15H25NO2. The van der Waals surface area contributed by atoms with Gasteiger partial charge in [0.25, 0.3) is 0 Å². The third-order valence-electron chi connectivity index (χ3n) is 3.26. The molecule has 0 aromatic heterocycles. The van der Waals surface area contributed by atoms with Crippen molar-refractivity contribution in [2.75, 3.05) is 33.4 Å². The van der Waals surface area contributed by atoms with Crippen LogP contribution in [0.5, 0.6) is 0 Å². The highest BCUT2D eigenvalue weighted by Crippen LogP contribution is 2.15. The van der Waals surface area contributed by atoms with Gasteiger partial charge in [-0.3, -0.25) is 0 Å². The summed E-state index contributed by atoms with van der Waals surface area (Å²) in [7, 11) is 2.04. The monoisotopic (exact) mass is 251 g/mol. The number of aliphatic hydroxyl groups is 2. The summed E-state index contributed by atoms with van der Waals surface area (Å²) >= 11 is 0. The molecule has 0 saturated carbocycles. The average molecular weight is 251 g/mol. The van der Waals surface area contributed by atoms with E-state index >= 15 is 0 Å². The van der Waals surface area contributed by atoms with Crippen molar-refractivity contribution >= 4 is 0 Å². The van der Waals surface area contributed by atoms with Gasteiger partial charge in [0, 0.05) is 12.0 Å². The molecule has 3 heteroatoms. The summed E-state index contributed by atoms with van der Waals surface area (Å²) in [6.07, 6.45) is 2.16. The third kappa shape index (κ3) is 5.17. The lowest BCUT2D eigenvalue weighted by atomic mass is 9.92. The lowest BCUT2D eigenvalue weighted by Gasteiger charge is -2.30. The predicted octanol–water partition coefficient (Wildman–Crippen LogP) is 1.54. The van der Waals surface area contributed by atoms with Gasteiger partial charge >= 0.3 is 0 Å². The van der Waals surface area contributed by atoms with Gasteiger partial charge in [-0.2, -0.15) is 0 Å². The second kappa shape index (κ2) is 7.52. The van der Waals surface area contributed by atoms with Gasteiger partial charge in [0.2, 0.25) is 0 Å². The molecule has 0 fully saturated rings. The Morgan fingerprint density at radius 1 is 1.11 bits per heavy atom. The van der Waals surface area contributed by atoms with E-state index in [0.717, 1.165) is 25.9 Å². The van der Waals surface area contributed by atoms with E-state index in [2.05, 4.69) is 29.2 Å². The standard InChI is InChI=1S/C15H25NO2/c1-15(12-17,13-18)11-16(2)10-6-9-14-7-4-3-5-8-14/h3-5,7-8,17-18H,6,9-13H2,1-2H3. The lowest BCUT2D eigenvalue weighted by Crippen LogP contribution is -2.39. The molecule has 0 aliphatic rings. The Labute approximate surface area is 110 Å². The molecule has 1 rings (SSSR count). The van der Waals surface area contributed by atoms with E-state index in [0.29, 0.717) is 0 Å². The minimum atomic E-state index is -0.401. The van der Waals surface area contributed by atoms with Crippen LogP contribution in [0.2, 0.25) is 0 Å². The van der Waals surface area contributed by atoms with E-state index in [-0.39, 0.29) is 13.2 Å². The van der Waals surface area contributed by atoms with Gasteiger partial charge < -0.3 is 15.1 Å². The smallest absolute Gasteiger partial charge is 0.0519 e. The fourth-order valence-corrected chi connectivity index (χ4v) is 2.08. The molecule has 3 nitrogen and oxygen atoms in total. The van der Waals surface area contributed by atoms with Crippen molar-refractivity contribution in [1.82, 2.24) is 4.90 Å². The first kappa shape index (κ1) is 15.2. The van der Waals surface area contributed by atoms with Gasteiger partial charge in [-0.15, -0.1) is 0 Å². The van der Waals surface area contributed by atoms with Crippen LogP contribution in [-0.2, 0) is 6.42 Å². The maximum Gasteiger partial charge on any atom is 0.0519 e. The van der Waals surface area contributed by atoms with Gasteiger partial charge in [0.05, 0.1) is 13.2 Å². The van der Waals surface area contributed by atoms with Crippen molar-refractivity contribution in [3.05, 3.63) is 35.9 Å². The number of nitrogens with zero attached hydrogens (tertiary/aromatic N) is 1. The lowest BCUT2D eigenvalue weighted by molar-refractivity contribution is 0.0418. The summed E-state index contributed by atoms with van der Waals surface area (Å²) in [6.45, 7) is 3.64. The number of benzene rings is 1. The first-order valence-electron chi connectivity index (χ1n) is 6.54. The Balaban J connectivity index is 2.27. The Hall–Kier alpha value is -0.900. The van der Waals surface area contributed by atoms with Crippen LogP contribution >= 0.6 is 0 Å². The summed E-state index contributed by atoms with van der Waals surface area (Å²) < 4.78 is 0. The molecule has 0 spiro atoms. The molecule has 0 bridgehead atoms. The molecule has 0 atom stereocenters. The van der Waals surface area contributed by atoms with Crippen LogP contribution in [0.25, 0.3) is 0 Å². The zero-order chi connectivity index (χ0) is 13.4. The van der Waals surface area contributed by atoms with Crippen LogP contribution in [0.15, 0.2) is 30.3 Å². The molecule has 102 valence electrons. The largest absolute Gasteiger partial charge is 0.396 e. The van der Waals surface area contributed by atoms with Crippen LogP contribution in [0.3, 0.4) is 0 Å². The third-order valence-corrected chi connectivity index (χ3v) is 3.26. The van der Waals surface area contributed by atoms with Gasteiger partial charge in [0.15, 0.2) is 0 Å². The first-order chi connectivity index (χ1) is 8.59. The highest BCUT2D eigenvalue weighted by molar-refractivity contribution is 5.14. The Morgan fingerprint density at radius 3 is 2.28 bits per heavy atom. The van der Waals surface area contributed by atoms with Crippen molar-refractivity contribution < 1.29 is 10.2 Å². The topological polar surface area (TPSA) is 43.7 Å². The van der Waals surface area contributed by atoms with E-state index in [1.807, 2.05) is 20.0 Å². The van der Waals surface area contributed by atoms with Crippen LogP contribution in [0.1, 0.15) is 18.9 Å². The van der Waals surface area contributed by atoms with Crippen LogP contribution in [0, 0.1) is 5.41 Å². The zero-order valence-corrected chi connectivity index (χ0v) is 11.5. The summed E-state index contributed by atoms with van der Waals surface area (Å²) in [5.74, 6) is 0. The van der Waals surface area contributed by atoms with Crippen molar-refractivity contribution in [1.29, 1.82) is 0 Å². The van der Waals surface area contributed by atoms with Gasteiger partial charge in [-0.05, 0) is 32.0 Å². The molecule has 0 unspecified atom stereocenters. The number of rotatable bonds is 8. The van der Waals surface area contributed by atoms with Crippen molar-refractivity contribution in [2.45, 2.75) is 19.8 Å². The van der Waals surface area contributed by atoms with E-state index in [9.17, 15) is 10.2 Å². The minimum Gasteiger partial charge on any atom is -0.396 e. The van der Waals surface area contributed by atoms with Crippen LogP contribution in [-0.4, -0.2) is 48.5 Å². The summed E-state index contributed by atoms with van der Waals surface area (Å²) in [5, 5.41) is 18.5. The fraction of sp³-hybridized carbons (Fsp3) is 0.600. The average Bonchev–Trinajstić information content (AvgIpc) is 2.40. The molecule has 0 aliphatic carbocycles. The van der Waals surface area contributed by atoms with Crippen molar-refractivity contribution in [3.63, 3.8) is 0 Å². The fourth-order valence-electron chi connectivity index (χ4n) is 2.08. The minimum absolute atomic E-state index is 0.0204. The molecular weight excluding hydrogens is 226 g/mol. The Morgan fingerprint density at radius 2 is 1.72 bits per heavy atom. The summed E-state index contributed by atoms with van der Waals surface area (Å²) in [5.41, 5.74) is 0.958. The number of hydrogen-bond donors (Lipinski definition) is 2. The number of aliphatic hydroxyl groups excluding tert-OH is 2. The normalized spacial score (nSPS) is 12.1. The zero-order valence-electron chi connectivity index (χ0n) is 11.5. The van der Waals surface area contributed by atoms with Crippen molar-refractivity contribution in [3.8, 4) is 0 Å². The van der Waals surface area contributed by atoms with E-state index in [1.54, 1.807) is 0 Å². The van der Waals surface area contributed by atoms with E-state index in [4.69, 9.17) is 0 Å².